The molecule has 0 aromatic carbocycles. The molecule has 1 N–H and O–H groups in total. The molecule has 2 unspecified atom stereocenters. The number of carboxylic acid groups (broad SMARTS) is 1. The van der Waals surface area contributed by atoms with Crippen LogP contribution in [0.5, 0.6) is 0 Å². The van der Waals surface area contributed by atoms with Crippen LogP contribution in [0.15, 0.2) is 72.9 Å². The summed E-state index contributed by atoms with van der Waals surface area (Å²) < 4.78 is 23.0. The first-order valence-corrected chi connectivity index (χ1v) is 37.1. The number of esters is 2. The van der Waals surface area contributed by atoms with Gasteiger partial charge in [-0.3, -0.25) is 9.59 Å². The number of carbonyl (C=O) groups excluding carboxylic acids is 2. The van der Waals surface area contributed by atoms with E-state index >= 15 is 0 Å². The van der Waals surface area contributed by atoms with Crippen molar-refractivity contribution in [1.29, 1.82) is 0 Å². The minimum Gasteiger partial charge on any atom is -0.477 e. The zero-order valence-electron chi connectivity index (χ0n) is 57.9. The third-order valence-electron chi connectivity index (χ3n) is 16.4. The van der Waals surface area contributed by atoms with Crippen LogP contribution in [0.1, 0.15) is 348 Å². The van der Waals surface area contributed by atoms with E-state index in [1.54, 1.807) is 0 Å². The first-order valence-electron chi connectivity index (χ1n) is 37.1. The summed E-state index contributed by atoms with van der Waals surface area (Å²) in [7, 11) is 5.99. The minimum atomic E-state index is -1.51. The normalized spacial score (nSPS) is 13.1. The van der Waals surface area contributed by atoms with Crippen molar-refractivity contribution in [3.8, 4) is 0 Å². The molecule has 0 rings (SSSR count). The van der Waals surface area contributed by atoms with Crippen molar-refractivity contribution in [3.63, 3.8) is 0 Å². The van der Waals surface area contributed by atoms with E-state index in [9.17, 15) is 19.5 Å². The van der Waals surface area contributed by atoms with Crippen molar-refractivity contribution < 1.29 is 42.9 Å². The summed E-state index contributed by atoms with van der Waals surface area (Å²) in [5.74, 6) is -1.99. The SMILES string of the molecule is CCCCCCC/C=C\C/C=C\C/C=C\CCCCCCCCCCCCCCCCCCC(=O)OCC(COC(OCC[N+](C)(C)C)C(=O)O)OC(=O)CCCCCCCCCCCCCCCCCC/C=C\C/C=C\C/C=C\CCCCCCC. The lowest BCUT2D eigenvalue weighted by molar-refractivity contribution is -0.870. The second-order valence-corrected chi connectivity index (χ2v) is 26.3. The molecule has 87 heavy (non-hydrogen) atoms. The van der Waals surface area contributed by atoms with E-state index in [1.807, 2.05) is 21.1 Å². The van der Waals surface area contributed by atoms with Gasteiger partial charge in [-0.05, 0) is 89.9 Å². The highest BCUT2D eigenvalue weighted by molar-refractivity contribution is 5.71. The third-order valence-corrected chi connectivity index (χ3v) is 16.4. The molecule has 506 valence electrons. The molecule has 0 radical (unpaired) electrons. The third kappa shape index (κ3) is 70.1. The zero-order chi connectivity index (χ0) is 63.3. The summed E-state index contributed by atoms with van der Waals surface area (Å²) in [6.45, 7) is 4.90. The predicted molar refractivity (Wildman–Crippen MR) is 373 cm³/mol. The van der Waals surface area contributed by atoms with E-state index in [2.05, 4.69) is 86.8 Å². The van der Waals surface area contributed by atoms with Crippen molar-refractivity contribution in [2.24, 2.45) is 0 Å². The number of carbonyl (C=O) groups is 3. The van der Waals surface area contributed by atoms with Crippen molar-refractivity contribution in [2.45, 2.75) is 360 Å². The number of hydrogen-bond donors (Lipinski definition) is 1. The van der Waals surface area contributed by atoms with E-state index in [1.165, 1.54) is 257 Å². The quantitative estimate of drug-likeness (QED) is 0.0211. The fraction of sp³-hybridized carbons (Fsp3) is 0.808. The largest absolute Gasteiger partial charge is 0.477 e. The van der Waals surface area contributed by atoms with Crippen LogP contribution in [0.4, 0.5) is 0 Å². The molecule has 0 aromatic heterocycles. The van der Waals surface area contributed by atoms with Crippen LogP contribution in [0, 0.1) is 0 Å². The molecular formula is C78H142NO8+. The van der Waals surface area contributed by atoms with Gasteiger partial charge in [0.15, 0.2) is 6.10 Å². The summed E-state index contributed by atoms with van der Waals surface area (Å²) in [5, 5.41) is 9.76. The van der Waals surface area contributed by atoms with Crippen LogP contribution < -0.4 is 0 Å². The van der Waals surface area contributed by atoms with Gasteiger partial charge in [0.1, 0.15) is 13.2 Å². The number of hydrogen-bond acceptors (Lipinski definition) is 7. The minimum absolute atomic E-state index is 0.181. The van der Waals surface area contributed by atoms with Gasteiger partial charge >= 0.3 is 17.9 Å². The maximum absolute atomic E-state index is 13.0. The number of likely N-dealkylation sites (N-methyl/N-ethyl adjacent to an activating group) is 1. The Labute approximate surface area is 538 Å². The molecule has 9 heteroatoms. The van der Waals surface area contributed by atoms with Gasteiger partial charge in [0.25, 0.3) is 6.29 Å². The molecule has 0 saturated carbocycles. The van der Waals surface area contributed by atoms with Crippen LogP contribution >= 0.6 is 0 Å². The average molecular weight is 1220 g/mol. The Morgan fingerprint density at radius 1 is 0.345 bits per heavy atom. The number of rotatable bonds is 69. The number of quaternary nitrogens is 1. The number of ether oxygens (including phenoxy) is 4. The molecule has 2 atom stereocenters. The molecule has 0 saturated heterocycles. The summed E-state index contributed by atoms with van der Waals surface area (Å²) in [6.07, 6.45) is 88.8. The molecule has 9 nitrogen and oxygen atoms in total. The predicted octanol–water partition coefficient (Wildman–Crippen LogP) is 23.3. The van der Waals surface area contributed by atoms with Crippen molar-refractivity contribution in [3.05, 3.63) is 72.9 Å². The summed E-state index contributed by atoms with van der Waals surface area (Å²) in [5.41, 5.74) is 0. The van der Waals surface area contributed by atoms with E-state index < -0.39 is 18.4 Å². The van der Waals surface area contributed by atoms with Gasteiger partial charge in [-0.15, -0.1) is 0 Å². The molecule has 0 aliphatic rings. The summed E-state index contributed by atoms with van der Waals surface area (Å²) >= 11 is 0. The Balaban J connectivity index is 4.07. The standard InChI is InChI=1S/C78H141NO8/c1-6-8-10-12-14-16-18-20-22-24-26-28-30-32-34-36-38-40-42-44-46-48-50-52-54-56-58-60-62-64-66-68-75(80)85-72-74(73-86-78(77(82)83)84-71-70-79(3,4)5)87-76(81)69-67-65-63-61-59-57-55-53-51-49-47-45-43-41-39-37-35-33-31-29-27-25-23-21-19-17-15-13-11-9-7-2/h18-21,24-27,30-33,74,78H,6-17,22-23,28-29,34-73H2,1-5H3/p+1/b20-18-,21-19-,26-24-,27-25-,32-30-,33-31-. The maximum atomic E-state index is 13.0. The van der Waals surface area contributed by atoms with Gasteiger partial charge in [-0.25, -0.2) is 4.79 Å². The second kappa shape index (κ2) is 68.6. The zero-order valence-corrected chi connectivity index (χ0v) is 57.9. The highest BCUT2D eigenvalue weighted by Gasteiger charge is 2.25. The van der Waals surface area contributed by atoms with E-state index in [0.717, 1.165) is 64.2 Å². The fourth-order valence-corrected chi connectivity index (χ4v) is 10.7. The van der Waals surface area contributed by atoms with Gasteiger partial charge in [0.2, 0.25) is 0 Å². The molecule has 0 heterocycles. The van der Waals surface area contributed by atoms with Crippen LogP contribution in [0.25, 0.3) is 0 Å². The van der Waals surface area contributed by atoms with Gasteiger partial charge < -0.3 is 28.5 Å². The number of unbranched alkanes of at least 4 members (excludes halogenated alkanes) is 42. The monoisotopic (exact) mass is 1220 g/mol. The van der Waals surface area contributed by atoms with Crippen LogP contribution in [0.3, 0.4) is 0 Å². The number of carboxylic acids is 1. The molecule has 0 fully saturated rings. The Morgan fingerprint density at radius 3 is 0.920 bits per heavy atom. The topological polar surface area (TPSA) is 108 Å². The fourth-order valence-electron chi connectivity index (χ4n) is 10.7. The van der Waals surface area contributed by atoms with Gasteiger partial charge in [0, 0.05) is 12.8 Å². The second-order valence-electron chi connectivity index (χ2n) is 26.3. The van der Waals surface area contributed by atoms with E-state index in [4.69, 9.17) is 18.9 Å². The average Bonchev–Trinajstić information content (AvgIpc) is 3.51. The lowest BCUT2D eigenvalue weighted by atomic mass is 10.0. The summed E-state index contributed by atoms with van der Waals surface area (Å²) in [6, 6.07) is 0. The number of allylic oxidation sites excluding steroid dienone is 12. The Kier molecular flexibility index (Phi) is 66.1. The van der Waals surface area contributed by atoms with Crippen LogP contribution in [0.2, 0.25) is 0 Å². The smallest absolute Gasteiger partial charge is 0.361 e. The highest BCUT2D eigenvalue weighted by atomic mass is 16.7. The molecule has 0 aromatic rings. The lowest BCUT2D eigenvalue weighted by Gasteiger charge is -2.25. The Hall–Kier alpha value is -3.27. The Bertz CT molecular complexity index is 1660. The maximum Gasteiger partial charge on any atom is 0.361 e. The first-order chi connectivity index (χ1) is 42.6. The Morgan fingerprint density at radius 2 is 0.621 bits per heavy atom. The van der Waals surface area contributed by atoms with E-state index in [0.29, 0.717) is 17.4 Å². The molecule has 0 amide bonds. The van der Waals surface area contributed by atoms with Gasteiger partial charge in [-0.2, -0.15) is 0 Å². The van der Waals surface area contributed by atoms with Crippen molar-refractivity contribution >= 4 is 17.9 Å². The molecule has 0 aliphatic heterocycles. The van der Waals surface area contributed by atoms with Crippen LogP contribution in [-0.2, 0) is 33.3 Å². The first kappa shape index (κ1) is 83.7. The van der Waals surface area contributed by atoms with Crippen LogP contribution in [-0.4, -0.2) is 87.4 Å². The van der Waals surface area contributed by atoms with Crippen molar-refractivity contribution in [2.75, 3.05) is 47.5 Å². The molecule has 0 bridgehead atoms. The number of aliphatic carboxylic acids is 1. The molecule has 0 spiro atoms. The molecule has 0 aliphatic carbocycles. The van der Waals surface area contributed by atoms with Gasteiger partial charge in [-0.1, -0.05) is 318 Å². The lowest BCUT2D eigenvalue weighted by Crippen LogP contribution is -2.40. The molecular weight excluding hydrogens is 1080 g/mol. The van der Waals surface area contributed by atoms with Crippen molar-refractivity contribution in [1.82, 2.24) is 0 Å². The number of nitrogens with zero attached hydrogens (tertiary/aromatic N) is 1. The van der Waals surface area contributed by atoms with Gasteiger partial charge in [0.05, 0.1) is 34.4 Å². The highest BCUT2D eigenvalue weighted by Crippen LogP contribution is 2.18. The van der Waals surface area contributed by atoms with E-state index in [-0.39, 0.29) is 38.2 Å². The summed E-state index contributed by atoms with van der Waals surface area (Å²) in [4.78, 5) is 37.7.